The second-order valence-corrected chi connectivity index (χ2v) is 8.10. The van der Waals surface area contributed by atoms with Crippen LogP contribution < -0.4 is 10.2 Å². The number of likely N-dealkylation sites (tertiary alicyclic amines) is 1. The second-order valence-electron chi connectivity index (χ2n) is 8.10. The Bertz CT molecular complexity index is 884. The van der Waals surface area contributed by atoms with E-state index in [1.165, 1.54) is 12.8 Å². The lowest BCUT2D eigenvalue weighted by Gasteiger charge is -2.34. The van der Waals surface area contributed by atoms with Gasteiger partial charge in [-0.1, -0.05) is 18.2 Å². The van der Waals surface area contributed by atoms with Gasteiger partial charge in [0.05, 0.1) is 12.8 Å². The van der Waals surface area contributed by atoms with Crippen molar-refractivity contribution in [2.24, 2.45) is 5.92 Å². The average Bonchev–Trinajstić information content (AvgIpc) is 2.75. The van der Waals surface area contributed by atoms with Crippen molar-refractivity contribution in [3.8, 4) is 11.5 Å². The summed E-state index contributed by atoms with van der Waals surface area (Å²) in [4.78, 5) is 27.6. The maximum atomic E-state index is 12.8. The molecule has 1 saturated heterocycles. The summed E-state index contributed by atoms with van der Waals surface area (Å²) in [7, 11) is 0. The molecule has 1 aliphatic rings. The van der Waals surface area contributed by atoms with E-state index in [1.807, 2.05) is 22.8 Å². The fourth-order valence-corrected chi connectivity index (χ4v) is 3.86. The Balaban J connectivity index is 1.76. The molecule has 2 heterocycles. The minimum absolute atomic E-state index is 0.0138. The predicted molar refractivity (Wildman–Crippen MR) is 117 cm³/mol. The normalized spacial score (nSPS) is 15.3. The Morgan fingerprint density at radius 2 is 1.83 bits per heavy atom. The van der Waals surface area contributed by atoms with Gasteiger partial charge in [0.2, 0.25) is 5.43 Å². The molecule has 1 aromatic heterocycles. The van der Waals surface area contributed by atoms with E-state index < -0.39 is 11.4 Å². The van der Waals surface area contributed by atoms with Gasteiger partial charge in [0.25, 0.3) is 0 Å². The van der Waals surface area contributed by atoms with E-state index >= 15 is 0 Å². The number of para-hydroxylation sites is 1. The molecule has 0 aliphatic carbocycles. The van der Waals surface area contributed by atoms with Crippen LogP contribution in [0.15, 0.2) is 47.5 Å². The molecule has 0 atom stereocenters. The summed E-state index contributed by atoms with van der Waals surface area (Å²) in [6, 6.07) is 9.71. The maximum absolute atomic E-state index is 12.8. The van der Waals surface area contributed by atoms with Crippen LogP contribution in [0.2, 0.25) is 0 Å². The highest BCUT2D eigenvalue weighted by atomic mass is 16.5. The van der Waals surface area contributed by atoms with Crippen molar-refractivity contribution >= 4 is 5.97 Å². The first-order valence-electron chi connectivity index (χ1n) is 10.9. The highest BCUT2D eigenvalue weighted by Crippen LogP contribution is 2.23. The van der Waals surface area contributed by atoms with E-state index in [1.54, 1.807) is 31.5 Å². The molecule has 30 heavy (non-hydrogen) atoms. The van der Waals surface area contributed by atoms with Gasteiger partial charge in [-0.15, -0.1) is 0 Å². The Morgan fingerprint density at radius 1 is 1.13 bits per heavy atom. The van der Waals surface area contributed by atoms with Crippen LogP contribution in [0, 0.1) is 5.92 Å². The minimum Gasteiger partial charge on any atom is -0.462 e. The highest BCUT2D eigenvalue weighted by Gasteiger charge is 2.22. The summed E-state index contributed by atoms with van der Waals surface area (Å²) in [5.74, 6) is 0.730. The molecule has 6 heteroatoms. The molecule has 1 fully saturated rings. The number of pyridine rings is 1. The van der Waals surface area contributed by atoms with Crippen molar-refractivity contribution in [2.75, 3.05) is 19.7 Å². The molecule has 0 radical (unpaired) electrons. The summed E-state index contributed by atoms with van der Waals surface area (Å²) in [6.07, 6.45) is 6.65. The van der Waals surface area contributed by atoms with Crippen LogP contribution in [0.4, 0.5) is 0 Å². The monoisotopic (exact) mass is 412 g/mol. The van der Waals surface area contributed by atoms with Crippen molar-refractivity contribution in [1.82, 2.24) is 9.47 Å². The van der Waals surface area contributed by atoms with E-state index in [4.69, 9.17) is 9.47 Å². The summed E-state index contributed by atoms with van der Waals surface area (Å²) < 4.78 is 12.8. The maximum Gasteiger partial charge on any atom is 0.343 e. The summed E-state index contributed by atoms with van der Waals surface area (Å²) in [5.41, 5.74) is -0.432. The van der Waals surface area contributed by atoms with Gasteiger partial charge in [0.15, 0.2) is 5.75 Å². The third kappa shape index (κ3) is 5.72. The van der Waals surface area contributed by atoms with Gasteiger partial charge in [-0.05, 0) is 71.2 Å². The predicted octanol–water partition coefficient (Wildman–Crippen LogP) is 4.33. The molecular weight excluding hydrogens is 380 g/mol. The number of carbonyl (C=O) groups is 1. The van der Waals surface area contributed by atoms with Gasteiger partial charge in [-0.3, -0.25) is 4.79 Å². The first-order valence-corrected chi connectivity index (χ1v) is 10.9. The van der Waals surface area contributed by atoms with Crippen LogP contribution in [0.1, 0.15) is 50.4 Å². The van der Waals surface area contributed by atoms with Crippen LogP contribution in [-0.4, -0.2) is 41.2 Å². The van der Waals surface area contributed by atoms with Gasteiger partial charge in [0.1, 0.15) is 11.3 Å². The van der Waals surface area contributed by atoms with Crippen molar-refractivity contribution in [1.29, 1.82) is 0 Å². The van der Waals surface area contributed by atoms with Crippen molar-refractivity contribution < 1.29 is 14.3 Å². The van der Waals surface area contributed by atoms with Gasteiger partial charge < -0.3 is 18.9 Å². The quantitative estimate of drug-likeness (QED) is 0.604. The molecule has 0 unspecified atom stereocenters. The molecule has 0 amide bonds. The smallest absolute Gasteiger partial charge is 0.343 e. The molecule has 162 valence electrons. The van der Waals surface area contributed by atoms with Crippen LogP contribution in [0.25, 0.3) is 0 Å². The third-order valence-electron chi connectivity index (χ3n) is 5.69. The number of ether oxygens (including phenoxy) is 2. The molecule has 0 saturated carbocycles. The zero-order chi connectivity index (χ0) is 21.5. The standard InChI is InChI=1S/C24H32N2O4/c1-4-29-24(28)21-16-25(13-10-19-11-14-26(15-12-19)18(2)3)17-22(23(21)27)30-20-8-6-5-7-9-20/h5-9,16-19H,4,10-15H2,1-3H3. The van der Waals surface area contributed by atoms with Gasteiger partial charge in [-0.25, -0.2) is 4.79 Å². The first kappa shape index (κ1) is 22.1. The number of piperidine rings is 1. The number of nitrogens with zero attached hydrogens (tertiary/aromatic N) is 2. The lowest BCUT2D eigenvalue weighted by molar-refractivity contribution is 0.0523. The Kier molecular flexibility index (Phi) is 7.69. The van der Waals surface area contributed by atoms with Crippen LogP contribution >= 0.6 is 0 Å². The lowest BCUT2D eigenvalue weighted by Crippen LogP contribution is -2.38. The number of hydrogen-bond donors (Lipinski definition) is 0. The van der Waals surface area contributed by atoms with Crippen LogP contribution in [-0.2, 0) is 11.3 Å². The topological polar surface area (TPSA) is 60.8 Å². The number of rotatable bonds is 8. The van der Waals surface area contributed by atoms with Crippen molar-refractivity contribution in [3.05, 3.63) is 58.5 Å². The van der Waals surface area contributed by atoms with Crippen molar-refractivity contribution in [2.45, 2.75) is 52.6 Å². The number of aromatic nitrogens is 1. The average molecular weight is 413 g/mol. The van der Waals surface area contributed by atoms with Gasteiger partial charge >= 0.3 is 5.97 Å². The van der Waals surface area contributed by atoms with E-state index in [0.29, 0.717) is 17.7 Å². The fourth-order valence-electron chi connectivity index (χ4n) is 3.86. The Hall–Kier alpha value is -2.60. The lowest BCUT2D eigenvalue weighted by atomic mass is 9.93. The molecule has 3 rings (SSSR count). The molecule has 6 nitrogen and oxygen atoms in total. The molecule has 0 spiro atoms. The summed E-state index contributed by atoms with van der Waals surface area (Å²) >= 11 is 0. The molecular formula is C24H32N2O4. The molecule has 1 aliphatic heterocycles. The Morgan fingerprint density at radius 3 is 2.47 bits per heavy atom. The summed E-state index contributed by atoms with van der Waals surface area (Å²) in [6.45, 7) is 9.41. The zero-order valence-electron chi connectivity index (χ0n) is 18.2. The van der Waals surface area contributed by atoms with Crippen LogP contribution in [0.5, 0.6) is 11.5 Å². The van der Waals surface area contributed by atoms with E-state index in [-0.39, 0.29) is 17.9 Å². The second kappa shape index (κ2) is 10.4. The molecule has 2 aromatic rings. The molecule has 0 N–H and O–H groups in total. The SMILES string of the molecule is CCOC(=O)c1cn(CCC2CCN(C(C)C)CC2)cc(Oc2ccccc2)c1=O. The van der Waals surface area contributed by atoms with E-state index in [2.05, 4.69) is 18.7 Å². The summed E-state index contributed by atoms with van der Waals surface area (Å²) in [5, 5.41) is 0. The van der Waals surface area contributed by atoms with Crippen LogP contribution in [0.3, 0.4) is 0 Å². The number of esters is 1. The van der Waals surface area contributed by atoms with E-state index in [0.717, 1.165) is 26.1 Å². The van der Waals surface area contributed by atoms with E-state index in [9.17, 15) is 9.59 Å². The zero-order valence-corrected chi connectivity index (χ0v) is 18.2. The number of carbonyl (C=O) groups excluding carboxylic acids is 1. The number of benzene rings is 1. The number of aryl methyl sites for hydroxylation is 1. The first-order chi connectivity index (χ1) is 14.5. The Labute approximate surface area is 178 Å². The largest absolute Gasteiger partial charge is 0.462 e. The van der Waals surface area contributed by atoms with Crippen molar-refractivity contribution in [3.63, 3.8) is 0 Å². The molecule has 0 bridgehead atoms. The highest BCUT2D eigenvalue weighted by molar-refractivity contribution is 5.89. The fraction of sp³-hybridized carbons (Fsp3) is 0.500. The van der Waals surface area contributed by atoms with Gasteiger partial charge in [0, 0.05) is 18.8 Å². The number of hydrogen-bond acceptors (Lipinski definition) is 5. The van der Waals surface area contributed by atoms with Gasteiger partial charge in [-0.2, -0.15) is 0 Å². The minimum atomic E-state index is -0.611. The third-order valence-corrected chi connectivity index (χ3v) is 5.69. The molecule has 1 aromatic carbocycles.